The third kappa shape index (κ3) is 2.08. The topological polar surface area (TPSA) is 47.1 Å². The summed E-state index contributed by atoms with van der Waals surface area (Å²) in [4.78, 5) is 7.83. The summed E-state index contributed by atoms with van der Waals surface area (Å²) in [6, 6.07) is 15.6. The third-order valence-corrected chi connectivity index (χ3v) is 3.22. The van der Waals surface area contributed by atoms with E-state index in [0.717, 1.165) is 28.4 Å². The zero-order valence-electron chi connectivity index (χ0n) is 10.6. The molecular weight excluding hydrogens is 276 g/mol. The fraction of sp³-hybridized carbons (Fsp3) is 0.133. The van der Waals surface area contributed by atoms with Crippen LogP contribution in [0.1, 0.15) is 11.9 Å². The first-order chi connectivity index (χ1) is 9.40. The van der Waals surface area contributed by atoms with Crippen molar-refractivity contribution in [3.8, 4) is 11.5 Å². The maximum atomic E-state index is 5.93. The van der Waals surface area contributed by atoms with Crippen LogP contribution in [0.2, 0.25) is 0 Å². The van der Waals surface area contributed by atoms with Crippen LogP contribution in [0.5, 0.6) is 11.5 Å². The molecule has 102 valence electrons. The van der Waals surface area contributed by atoms with Crippen LogP contribution in [0.15, 0.2) is 48.5 Å². The number of halogens is 1. The van der Waals surface area contributed by atoms with Gasteiger partial charge < -0.3 is 14.5 Å². The Bertz CT molecular complexity index is 708. The highest BCUT2D eigenvalue weighted by molar-refractivity contribution is 5.85. The van der Waals surface area contributed by atoms with Gasteiger partial charge in [0.25, 0.3) is 0 Å². The molecule has 2 aromatic carbocycles. The quantitative estimate of drug-likeness (QED) is 0.745. The molecule has 5 heteroatoms. The largest absolute Gasteiger partial charge is 0.485 e. The van der Waals surface area contributed by atoms with Crippen LogP contribution < -0.4 is 9.47 Å². The van der Waals surface area contributed by atoms with Crippen LogP contribution in [-0.2, 0) is 0 Å². The van der Waals surface area contributed by atoms with E-state index < -0.39 is 0 Å². The van der Waals surface area contributed by atoms with E-state index in [2.05, 4.69) is 9.97 Å². The standard InChI is InChI=1S/C15H12N2O2.ClH/c1-2-6-11-10(5-1)16-15(17-11)14-9-18-12-7-3-4-8-13(12)19-14;/h1-8,14H,9H2,(H,16,17);1H. The van der Waals surface area contributed by atoms with Gasteiger partial charge in [-0.25, -0.2) is 4.98 Å². The Hall–Kier alpha value is -2.20. The number of nitrogens with zero attached hydrogens (tertiary/aromatic N) is 1. The van der Waals surface area contributed by atoms with E-state index in [1.807, 2.05) is 48.5 Å². The number of aromatic amines is 1. The first kappa shape index (κ1) is 12.8. The van der Waals surface area contributed by atoms with Crippen LogP contribution >= 0.6 is 12.4 Å². The van der Waals surface area contributed by atoms with Crippen LogP contribution in [0.25, 0.3) is 11.0 Å². The summed E-state index contributed by atoms with van der Waals surface area (Å²) in [6.45, 7) is 0.469. The van der Waals surface area contributed by atoms with Crippen molar-refractivity contribution in [2.45, 2.75) is 6.10 Å². The van der Waals surface area contributed by atoms with Crippen molar-refractivity contribution in [1.29, 1.82) is 0 Å². The first-order valence-corrected chi connectivity index (χ1v) is 6.23. The predicted molar refractivity (Wildman–Crippen MR) is 78.6 cm³/mol. The lowest BCUT2D eigenvalue weighted by atomic mass is 10.2. The second kappa shape index (κ2) is 5.06. The van der Waals surface area contributed by atoms with Gasteiger partial charge in [0.15, 0.2) is 23.4 Å². The van der Waals surface area contributed by atoms with E-state index in [9.17, 15) is 0 Å². The Morgan fingerprint density at radius 2 is 1.75 bits per heavy atom. The maximum Gasteiger partial charge on any atom is 0.190 e. The van der Waals surface area contributed by atoms with Crippen LogP contribution in [0.3, 0.4) is 0 Å². The Balaban J connectivity index is 0.00000121. The van der Waals surface area contributed by atoms with E-state index >= 15 is 0 Å². The summed E-state index contributed by atoms with van der Waals surface area (Å²) < 4.78 is 11.6. The fourth-order valence-corrected chi connectivity index (χ4v) is 2.28. The molecule has 0 spiro atoms. The van der Waals surface area contributed by atoms with Gasteiger partial charge in [-0.2, -0.15) is 0 Å². The lowest BCUT2D eigenvalue weighted by Gasteiger charge is -2.24. The second-order valence-corrected chi connectivity index (χ2v) is 4.50. The van der Waals surface area contributed by atoms with Crippen molar-refractivity contribution < 1.29 is 9.47 Å². The highest BCUT2D eigenvalue weighted by atomic mass is 35.5. The predicted octanol–water partition coefficient (Wildman–Crippen LogP) is 3.50. The molecule has 4 nitrogen and oxygen atoms in total. The summed E-state index contributed by atoms with van der Waals surface area (Å²) in [5, 5.41) is 0. The number of hydrogen-bond donors (Lipinski definition) is 1. The van der Waals surface area contributed by atoms with E-state index in [-0.39, 0.29) is 18.5 Å². The Morgan fingerprint density at radius 3 is 2.60 bits per heavy atom. The smallest absolute Gasteiger partial charge is 0.190 e. The molecule has 0 amide bonds. The molecule has 0 bridgehead atoms. The second-order valence-electron chi connectivity index (χ2n) is 4.50. The molecule has 2 heterocycles. The molecule has 20 heavy (non-hydrogen) atoms. The van der Waals surface area contributed by atoms with Crippen molar-refractivity contribution >= 4 is 23.4 Å². The number of benzene rings is 2. The number of rotatable bonds is 1. The minimum absolute atomic E-state index is 0. The minimum atomic E-state index is -0.192. The first-order valence-electron chi connectivity index (χ1n) is 6.23. The van der Waals surface area contributed by atoms with Crippen molar-refractivity contribution in [3.05, 3.63) is 54.4 Å². The van der Waals surface area contributed by atoms with Gasteiger partial charge in [-0.05, 0) is 24.3 Å². The number of nitrogens with one attached hydrogen (secondary N) is 1. The average Bonchev–Trinajstić information content (AvgIpc) is 2.90. The zero-order chi connectivity index (χ0) is 12.7. The number of aromatic nitrogens is 2. The Labute approximate surface area is 122 Å². The van der Waals surface area contributed by atoms with E-state index in [4.69, 9.17) is 9.47 Å². The highest BCUT2D eigenvalue weighted by Crippen LogP contribution is 2.35. The highest BCUT2D eigenvalue weighted by Gasteiger charge is 2.24. The van der Waals surface area contributed by atoms with Gasteiger partial charge in [-0.15, -0.1) is 12.4 Å². The van der Waals surface area contributed by atoms with Crippen molar-refractivity contribution in [3.63, 3.8) is 0 Å². The summed E-state index contributed by atoms with van der Waals surface area (Å²) in [6.07, 6.45) is -0.192. The van der Waals surface area contributed by atoms with Crippen LogP contribution in [0, 0.1) is 0 Å². The maximum absolute atomic E-state index is 5.93. The summed E-state index contributed by atoms with van der Waals surface area (Å²) in [5.41, 5.74) is 1.96. The normalized spacial score (nSPS) is 16.7. The van der Waals surface area contributed by atoms with E-state index in [1.165, 1.54) is 0 Å². The molecule has 3 aromatic rings. The third-order valence-electron chi connectivity index (χ3n) is 3.22. The number of fused-ring (bicyclic) bond motifs is 2. The number of imidazole rings is 1. The average molecular weight is 289 g/mol. The molecule has 1 aromatic heterocycles. The summed E-state index contributed by atoms with van der Waals surface area (Å²) in [5.74, 6) is 2.35. The number of para-hydroxylation sites is 4. The lowest BCUT2D eigenvalue weighted by molar-refractivity contribution is 0.0859. The van der Waals surface area contributed by atoms with Gasteiger partial charge in [0.1, 0.15) is 6.61 Å². The Kier molecular flexibility index (Phi) is 3.24. The minimum Gasteiger partial charge on any atom is -0.485 e. The lowest BCUT2D eigenvalue weighted by Crippen LogP contribution is -2.22. The number of H-pyrrole nitrogens is 1. The molecule has 1 N–H and O–H groups in total. The van der Waals surface area contributed by atoms with Crippen molar-refractivity contribution in [2.24, 2.45) is 0 Å². The molecule has 1 unspecified atom stereocenters. The van der Waals surface area contributed by atoms with Gasteiger partial charge in [0.2, 0.25) is 0 Å². The van der Waals surface area contributed by atoms with Crippen LogP contribution in [0.4, 0.5) is 0 Å². The SMILES string of the molecule is Cl.c1ccc2c(c1)OCC(c1nc3ccccc3[nH]1)O2. The van der Waals surface area contributed by atoms with Gasteiger partial charge in [-0.3, -0.25) is 0 Å². The number of ether oxygens (including phenoxy) is 2. The molecule has 1 atom stereocenters. The van der Waals surface area contributed by atoms with Gasteiger partial charge in [0.05, 0.1) is 11.0 Å². The van der Waals surface area contributed by atoms with E-state index in [0.29, 0.717) is 6.61 Å². The molecule has 0 radical (unpaired) electrons. The molecule has 0 saturated heterocycles. The molecular formula is C15H13ClN2O2. The summed E-state index contributed by atoms with van der Waals surface area (Å²) in [7, 11) is 0. The molecule has 4 rings (SSSR count). The molecule has 1 aliphatic heterocycles. The Morgan fingerprint density at radius 1 is 1.00 bits per heavy atom. The molecule has 1 aliphatic rings. The van der Waals surface area contributed by atoms with Gasteiger partial charge in [-0.1, -0.05) is 24.3 Å². The molecule has 0 saturated carbocycles. The van der Waals surface area contributed by atoms with Gasteiger partial charge in [0, 0.05) is 0 Å². The van der Waals surface area contributed by atoms with Crippen molar-refractivity contribution in [2.75, 3.05) is 6.61 Å². The fourth-order valence-electron chi connectivity index (χ4n) is 2.28. The summed E-state index contributed by atoms with van der Waals surface area (Å²) >= 11 is 0. The monoisotopic (exact) mass is 288 g/mol. The van der Waals surface area contributed by atoms with Crippen molar-refractivity contribution in [1.82, 2.24) is 9.97 Å². The van der Waals surface area contributed by atoms with E-state index in [1.54, 1.807) is 0 Å². The number of hydrogen-bond acceptors (Lipinski definition) is 3. The van der Waals surface area contributed by atoms with Gasteiger partial charge >= 0.3 is 0 Å². The molecule has 0 fully saturated rings. The zero-order valence-corrected chi connectivity index (χ0v) is 11.4. The van der Waals surface area contributed by atoms with Crippen LogP contribution in [-0.4, -0.2) is 16.6 Å². The molecule has 0 aliphatic carbocycles.